The molecule has 2 heterocycles. The van der Waals surface area contributed by atoms with Crippen LogP contribution in [0.4, 0.5) is 0 Å². The highest BCUT2D eigenvalue weighted by molar-refractivity contribution is 6.31. The fourth-order valence-corrected chi connectivity index (χ4v) is 3.66. The van der Waals surface area contributed by atoms with Crippen molar-refractivity contribution < 1.29 is 4.79 Å². The number of halogens is 2. The van der Waals surface area contributed by atoms with Gasteiger partial charge in [0, 0.05) is 17.5 Å². The Morgan fingerprint density at radius 2 is 1.90 bits per heavy atom. The lowest BCUT2D eigenvalue weighted by molar-refractivity contribution is -0.137. The van der Waals surface area contributed by atoms with Crippen molar-refractivity contribution in [3.05, 3.63) is 34.9 Å². The second kappa shape index (κ2) is 7.48. The maximum atomic E-state index is 12.8. The van der Waals surface area contributed by atoms with Crippen LogP contribution < -0.4 is 5.32 Å². The number of hydrogen-bond acceptors (Lipinski definition) is 2. The quantitative estimate of drug-likeness (QED) is 0.902. The minimum absolute atomic E-state index is 0. The Labute approximate surface area is 137 Å². The van der Waals surface area contributed by atoms with E-state index in [1.165, 1.54) is 0 Å². The summed E-state index contributed by atoms with van der Waals surface area (Å²) in [5.41, 5.74) is 1.11. The van der Waals surface area contributed by atoms with Crippen LogP contribution in [-0.2, 0) is 4.79 Å². The van der Waals surface area contributed by atoms with Crippen LogP contribution in [0.25, 0.3) is 0 Å². The highest BCUT2D eigenvalue weighted by atomic mass is 35.5. The van der Waals surface area contributed by atoms with E-state index in [1.807, 2.05) is 18.2 Å². The van der Waals surface area contributed by atoms with Gasteiger partial charge in [-0.3, -0.25) is 4.79 Å². The molecule has 21 heavy (non-hydrogen) atoms. The third-order valence-electron chi connectivity index (χ3n) is 4.49. The lowest BCUT2D eigenvalue weighted by Gasteiger charge is -2.31. The van der Waals surface area contributed by atoms with Crippen molar-refractivity contribution in [3.63, 3.8) is 0 Å². The number of hydrogen-bond donors (Lipinski definition) is 1. The van der Waals surface area contributed by atoms with E-state index in [4.69, 9.17) is 11.6 Å². The highest BCUT2D eigenvalue weighted by Gasteiger charge is 2.34. The average Bonchev–Trinajstić information content (AvgIpc) is 2.97. The number of likely N-dealkylation sites (tertiary alicyclic amines) is 1. The Morgan fingerprint density at radius 1 is 1.19 bits per heavy atom. The monoisotopic (exact) mass is 328 g/mol. The number of nitrogens with one attached hydrogen (secondary N) is 1. The minimum atomic E-state index is 0. The molecule has 2 aliphatic heterocycles. The van der Waals surface area contributed by atoms with Gasteiger partial charge in [-0.15, -0.1) is 12.4 Å². The molecule has 2 saturated heterocycles. The van der Waals surface area contributed by atoms with Crippen molar-refractivity contribution in [2.75, 3.05) is 19.6 Å². The Bertz CT molecular complexity index is 489. The molecule has 0 saturated carbocycles. The van der Waals surface area contributed by atoms with Gasteiger partial charge in [0.05, 0.1) is 6.04 Å². The van der Waals surface area contributed by atoms with Crippen LogP contribution >= 0.6 is 24.0 Å². The van der Waals surface area contributed by atoms with Crippen molar-refractivity contribution in [3.8, 4) is 0 Å². The topological polar surface area (TPSA) is 32.3 Å². The minimum Gasteiger partial charge on any atom is -0.335 e. The lowest BCUT2D eigenvalue weighted by atomic mass is 9.95. The number of benzene rings is 1. The summed E-state index contributed by atoms with van der Waals surface area (Å²) in [6.45, 7) is 2.79. The fraction of sp³-hybridized carbons (Fsp3) is 0.562. The van der Waals surface area contributed by atoms with Gasteiger partial charge < -0.3 is 10.2 Å². The molecule has 0 radical (unpaired) electrons. The van der Waals surface area contributed by atoms with Crippen LogP contribution in [0.3, 0.4) is 0 Å². The molecule has 0 aliphatic carbocycles. The van der Waals surface area contributed by atoms with Gasteiger partial charge in [0.15, 0.2) is 0 Å². The molecule has 0 aromatic heterocycles. The second-order valence-corrected chi connectivity index (χ2v) is 6.14. The van der Waals surface area contributed by atoms with Crippen molar-refractivity contribution in [1.29, 1.82) is 0 Å². The van der Waals surface area contributed by atoms with Gasteiger partial charge in [0.2, 0.25) is 5.91 Å². The molecule has 5 heteroatoms. The number of carbonyl (C=O) groups excluding carboxylic acids is 1. The van der Waals surface area contributed by atoms with E-state index in [9.17, 15) is 4.79 Å². The average molecular weight is 329 g/mol. The zero-order valence-electron chi connectivity index (χ0n) is 12.1. The number of carbonyl (C=O) groups is 1. The molecule has 0 spiro atoms. The molecule has 1 atom stereocenters. The van der Waals surface area contributed by atoms with E-state index in [0.717, 1.165) is 55.9 Å². The predicted octanol–water partition coefficient (Wildman–Crippen LogP) is 3.42. The molecular weight excluding hydrogens is 307 g/mol. The van der Waals surface area contributed by atoms with Crippen molar-refractivity contribution in [1.82, 2.24) is 10.2 Å². The van der Waals surface area contributed by atoms with Crippen LogP contribution in [0.15, 0.2) is 24.3 Å². The summed E-state index contributed by atoms with van der Waals surface area (Å²) in [6, 6.07) is 8.10. The fourth-order valence-electron chi connectivity index (χ4n) is 3.40. The second-order valence-electron chi connectivity index (χ2n) is 5.74. The smallest absolute Gasteiger partial charge is 0.226 e. The molecule has 116 valence electrons. The SMILES string of the molecule is Cl.O=C(C1CCNCC1)N1CCCC1c1ccccc1Cl. The molecular formula is C16H22Cl2N2O. The first-order chi connectivity index (χ1) is 9.77. The van der Waals surface area contributed by atoms with Crippen molar-refractivity contribution in [2.24, 2.45) is 5.92 Å². The van der Waals surface area contributed by atoms with E-state index >= 15 is 0 Å². The summed E-state index contributed by atoms with van der Waals surface area (Å²) in [5.74, 6) is 0.522. The number of piperidine rings is 1. The van der Waals surface area contributed by atoms with Crippen molar-refractivity contribution in [2.45, 2.75) is 31.7 Å². The Hall–Kier alpha value is -0.770. The van der Waals surface area contributed by atoms with Gasteiger partial charge in [-0.25, -0.2) is 0 Å². The van der Waals surface area contributed by atoms with E-state index < -0.39 is 0 Å². The zero-order chi connectivity index (χ0) is 13.9. The first kappa shape index (κ1) is 16.6. The highest BCUT2D eigenvalue weighted by Crippen LogP contribution is 2.37. The standard InChI is InChI=1S/C16H21ClN2O.ClH/c17-14-5-2-1-4-13(14)15-6-3-11-19(15)16(20)12-7-9-18-10-8-12;/h1-2,4-5,12,15,18H,3,6-11H2;1H. The first-order valence-corrected chi connectivity index (χ1v) is 7.91. The van der Waals surface area contributed by atoms with Gasteiger partial charge in [-0.05, 0) is 50.4 Å². The van der Waals surface area contributed by atoms with E-state index in [1.54, 1.807) is 0 Å². The van der Waals surface area contributed by atoms with Crippen LogP contribution in [0.1, 0.15) is 37.3 Å². The Morgan fingerprint density at radius 3 is 2.62 bits per heavy atom. The van der Waals surface area contributed by atoms with Gasteiger partial charge in [0.25, 0.3) is 0 Å². The van der Waals surface area contributed by atoms with Crippen LogP contribution in [0.2, 0.25) is 5.02 Å². The first-order valence-electron chi connectivity index (χ1n) is 7.53. The van der Waals surface area contributed by atoms with Gasteiger partial charge in [-0.2, -0.15) is 0 Å². The lowest BCUT2D eigenvalue weighted by Crippen LogP contribution is -2.40. The summed E-state index contributed by atoms with van der Waals surface area (Å²) < 4.78 is 0. The summed E-state index contributed by atoms with van der Waals surface area (Å²) in [6.07, 6.45) is 4.03. The molecule has 1 N–H and O–H groups in total. The van der Waals surface area contributed by atoms with Gasteiger partial charge >= 0.3 is 0 Å². The van der Waals surface area contributed by atoms with Crippen LogP contribution in [0, 0.1) is 5.92 Å². The summed E-state index contributed by atoms with van der Waals surface area (Å²) in [7, 11) is 0. The molecule has 1 aromatic carbocycles. The number of amides is 1. The third-order valence-corrected chi connectivity index (χ3v) is 4.83. The third kappa shape index (κ3) is 3.53. The number of rotatable bonds is 2. The summed E-state index contributed by atoms with van der Waals surface area (Å²) in [4.78, 5) is 14.8. The largest absolute Gasteiger partial charge is 0.335 e. The van der Waals surface area contributed by atoms with Crippen molar-refractivity contribution >= 4 is 29.9 Å². The van der Waals surface area contributed by atoms with Crippen LogP contribution in [-0.4, -0.2) is 30.4 Å². The summed E-state index contributed by atoms with van der Waals surface area (Å²) in [5, 5.41) is 4.10. The molecule has 3 nitrogen and oxygen atoms in total. The Kier molecular flexibility index (Phi) is 5.91. The van der Waals surface area contributed by atoms with E-state index in [2.05, 4.69) is 16.3 Å². The predicted molar refractivity (Wildman–Crippen MR) is 88.0 cm³/mol. The summed E-state index contributed by atoms with van der Waals surface area (Å²) >= 11 is 6.31. The van der Waals surface area contributed by atoms with Gasteiger partial charge in [-0.1, -0.05) is 29.8 Å². The van der Waals surface area contributed by atoms with Crippen LogP contribution in [0.5, 0.6) is 0 Å². The molecule has 1 amide bonds. The molecule has 2 aliphatic rings. The normalized spacial score (nSPS) is 22.9. The number of nitrogens with zero attached hydrogens (tertiary/aromatic N) is 1. The Balaban J connectivity index is 0.00000161. The molecule has 2 fully saturated rings. The van der Waals surface area contributed by atoms with E-state index in [0.29, 0.717) is 5.91 Å². The molecule has 0 bridgehead atoms. The van der Waals surface area contributed by atoms with E-state index in [-0.39, 0.29) is 24.4 Å². The van der Waals surface area contributed by atoms with Gasteiger partial charge in [0.1, 0.15) is 0 Å². The zero-order valence-corrected chi connectivity index (χ0v) is 13.6. The maximum absolute atomic E-state index is 12.8. The molecule has 3 rings (SSSR count). The molecule has 1 aromatic rings. The molecule has 1 unspecified atom stereocenters. The maximum Gasteiger partial charge on any atom is 0.226 e.